The number of methoxy groups -OCH3 is 2. The number of nitrogens with zero attached hydrogens (tertiary/aromatic N) is 1. The number of anilines is 1. The van der Waals surface area contributed by atoms with Crippen molar-refractivity contribution in [3.05, 3.63) is 18.2 Å². The first-order valence-electron chi connectivity index (χ1n) is 6.59. The van der Waals surface area contributed by atoms with Crippen molar-refractivity contribution in [2.45, 2.75) is 18.9 Å². The number of thiol groups is 1. The minimum atomic E-state index is -0.461. The fourth-order valence-corrected chi connectivity index (χ4v) is 2.62. The first-order chi connectivity index (χ1) is 10.1. The third kappa shape index (κ3) is 3.41. The summed E-state index contributed by atoms with van der Waals surface area (Å²) in [6, 6.07) is 4.31. The van der Waals surface area contributed by atoms with Crippen molar-refractivity contribution in [2.75, 3.05) is 26.1 Å². The maximum atomic E-state index is 12.3. The van der Waals surface area contributed by atoms with Crippen molar-refractivity contribution in [2.24, 2.45) is 0 Å². The number of carbonyl (C=O) groups excluding carboxylic acids is 2. The predicted octanol–water partition coefficient (Wildman–Crippen LogP) is 2.16. The van der Waals surface area contributed by atoms with Gasteiger partial charge in [0.05, 0.1) is 19.9 Å². The smallest absolute Gasteiger partial charge is 0.322 e. The fraction of sp³-hybridized carbons (Fsp3) is 0.429. The number of rotatable bonds is 4. The number of ether oxygens (including phenoxy) is 2. The van der Waals surface area contributed by atoms with Crippen LogP contribution in [0.3, 0.4) is 0 Å². The van der Waals surface area contributed by atoms with E-state index in [0.717, 1.165) is 6.42 Å². The number of urea groups is 1. The molecular weight excluding hydrogens is 292 g/mol. The van der Waals surface area contributed by atoms with E-state index in [1.54, 1.807) is 25.3 Å². The second-order valence-electron chi connectivity index (χ2n) is 4.69. The Balaban J connectivity index is 2.14. The SMILES string of the molecule is COc1ccc(NC(=O)N2CCC[C@H]2C(=O)S)c(OC)c1. The van der Waals surface area contributed by atoms with Crippen LogP contribution < -0.4 is 14.8 Å². The van der Waals surface area contributed by atoms with Crippen LogP contribution in [0, 0.1) is 0 Å². The zero-order valence-corrected chi connectivity index (χ0v) is 12.9. The Labute approximate surface area is 128 Å². The van der Waals surface area contributed by atoms with E-state index < -0.39 is 6.04 Å². The number of hydrogen-bond acceptors (Lipinski definition) is 4. The first kappa shape index (κ1) is 15.5. The second-order valence-corrected chi connectivity index (χ2v) is 5.13. The average molecular weight is 310 g/mol. The van der Waals surface area contributed by atoms with E-state index >= 15 is 0 Å². The van der Waals surface area contributed by atoms with E-state index in [4.69, 9.17) is 9.47 Å². The lowest BCUT2D eigenvalue weighted by molar-refractivity contribution is -0.113. The summed E-state index contributed by atoms with van der Waals surface area (Å²) in [5, 5.41) is 2.47. The average Bonchev–Trinajstić information content (AvgIpc) is 2.97. The van der Waals surface area contributed by atoms with Crippen molar-refractivity contribution < 1.29 is 19.1 Å². The Morgan fingerprint density at radius 3 is 2.71 bits per heavy atom. The minimum absolute atomic E-state index is 0.288. The normalized spacial score (nSPS) is 17.5. The molecule has 0 radical (unpaired) electrons. The molecule has 2 amide bonds. The van der Waals surface area contributed by atoms with Crippen LogP contribution in [-0.4, -0.2) is 42.9 Å². The van der Waals surface area contributed by atoms with Gasteiger partial charge in [-0.25, -0.2) is 4.79 Å². The van der Waals surface area contributed by atoms with E-state index in [0.29, 0.717) is 30.2 Å². The molecule has 0 saturated carbocycles. The van der Waals surface area contributed by atoms with Crippen LogP contribution in [0.15, 0.2) is 18.2 Å². The van der Waals surface area contributed by atoms with Crippen LogP contribution in [0.5, 0.6) is 11.5 Å². The summed E-state index contributed by atoms with van der Waals surface area (Å²) >= 11 is 3.84. The molecule has 114 valence electrons. The van der Waals surface area contributed by atoms with E-state index in [-0.39, 0.29) is 11.1 Å². The van der Waals surface area contributed by atoms with Gasteiger partial charge in [0.1, 0.15) is 17.5 Å². The van der Waals surface area contributed by atoms with Crippen molar-refractivity contribution in [1.82, 2.24) is 4.90 Å². The summed E-state index contributed by atoms with van der Waals surface area (Å²) in [6.45, 7) is 0.543. The van der Waals surface area contributed by atoms with Gasteiger partial charge in [0.15, 0.2) is 0 Å². The standard InChI is InChI=1S/C14H18N2O4S/c1-19-9-5-6-10(12(8-9)20-2)15-14(18)16-7-3-4-11(16)13(17)21/h5-6,8,11H,3-4,7H2,1-2H3,(H,15,18)(H,17,21)/t11-/m0/s1. The summed E-state index contributed by atoms with van der Waals surface area (Å²) in [6.07, 6.45) is 1.44. The zero-order chi connectivity index (χ0) is 15.4. The summed E-state index contributed by atoms with van der Waals surface area (Å²) in [7, 11) is 3.07. The fourth-order valence-electron chi connectivity index (χ4n) is 2.36. The van der Waals surface area contributed by atoms with Crippen LogP contribution in [-0.2, 0) is 4.79 Å². The first-order valence-corrected chi connectivity index (χ1v) is 7.04. The largest absolute Gasteiger partial charge is 0.497 e. The van der Waals surface area contributed by atoms with Crippen LogP contribution in [0.2, 0.25) is 0 Å². The molecule has 1 heterocycles. The maximum Gasteiger partial charge on any atom is 0.322 e. The number of benzene rings is 1. The van der Waals surface area contributed by atoms with Gasteiger partial charge in [-0.05, 0) is 25.0 Å². The Hall–Kier alpha value is -1.89. The lowest BCUT2D eigenvalue weighted by Crippen LogP contribution is -2.41. The van der Waals surface area contributed by atoms with Gasteiger partial charge in [0.2, 0.25) is 5.12 Å². The molecule has 2 rings (SSSR count). The molecule has 1 fully saturated rings. The lowest BCUT2D eigenvalue weighted by Gasteiger charge is -2.23. The maximum absolute atomic E-state index is 12.3. The Bertz CT molecular complexity index is 550. The molecule has 1 aromatic carbocycles. The highest BCUT2D eigenvalue weighted by atomic mass is 32.1. The summed E-state index contributed by atoms with van der Waals surface area (Å²) < 4.78 is 10.3. The third-order valence-corrected chi connectivity index (χ3v) is 3.75. The summed E-state index contributed by atoms with van der Waals surface area (Å²) in [4.78, 5) is 25.2. The molecule has 0 aromatic heterocycles. The molecule has 1 aliphatic rings. The van der Waals surface area contributed by atoms with Gasteiger partial charge < -0.3 is 19.7 Å². The van der Waals surface area contributed by atoms with Gasteiger partial charge in [-0.15, -0.1) is 12.6 Å². The number of carbonyl (C=O) groups is 2. The van der Waals surface area contributed by atoms with Crippen LogP contribution in [0.4, 0.5) is 10.5 Å². The molecule has 0 aliphatic carbocycles. The predicted molar refractivity (Wildman–Crippen MR) is 82.3 cm³/mol. The summed E-state index contributed by atoms with van der Waals surface area (Å²) in [5.41, 5.74) is 0.528. The number of nitrogens with one attached hydrogen (secondary N) is 1. The van der Waals surface area contributed by atoms with Crippen molar-refractivity contribution >= 4 is 29.5 Å². The topological polar surface area (TPSA) is 67.9 Å². The molecule has 6 nitrogen and oxygen atoms in total. The molecule has 1 saturated heterocycles. The van der Waals surface area contributed by atoms with Gasteiger partial charge in [0, 0.05) is 12.6 Å². The van der Waals surface area contributed by atoms with Gasteiger partial charge in [-0.2, -0.15) is 0 Å². The second kappa shape index (κ2) is 6.71. The molecule has 0 spiro atoms. The van der Waals surface area contributed by atoms with Crippen molar-refractivity contribution in [3.8, 4) is 11.5 Å². The number of likely N-dealkylation sites (tertiary alicyclic amines) is 1. The molecule has 21 heavy (non-hydrogen) atoms. The quantitative estimate of drug-likeness (QED) is 0.836. The van der Waals surface area contributed by atoms with Crippen molar-refractivity contribution in [1.29, 1.82) is 0 Å². The highest BCUT2D eigenvalue weighted by molar-refractivity contribution is 7.96. The van der Waals surface area contributed by atoms with E-state index in [9.17, 15) is 9.59 Å². The van der Waals surface area contributed by atoms with Gasteiger partial charge in [-0.1, -0.05) is 0 Å². The van der Waals surface area contributed by atoms with Gasteiger partial charge in [0.25, 0.3) is 0 Å². The molecule has 7 heteroatoms. The Morgan fingerprint density at radius 1 is 1.33 bits per heavy atom. The molecule has 1 aromatic rings. The monoisotopic (exact) mass is 310 g/mol. The number of hydrogen-bond donors (Lipinski definition) is 2. The molecule has 0 unspecified atom stereocenters. The Kier molecular flexibility index (Phi) is 4.95. The Morgan fingerprint density at radius 2 is 2.10 bits per heavy atom. The van der Waals surface area contributed by atoms with E-state index in [1.807, 2.05) is 0 Å². The van der Waals surface area contributed by atoms with E-state index in [1.165, 1.54) is 12.0 Å². The lowest BCUT2D eigenvalue weighted by atomic mass is 10.2. The van der Waals surface area contributed by atoms with Gasteiger partial charge in [-0.3, -0.25) is 4.79 Å². The highest BCUT2D eigenvalue weighted by Crippen LogP contribution is 2.30. The molecule has 1 atom stereocenters. The summed E-state index contributed by atoms with van der Waals surface area (Å²) in [5.74, 6) is 1.13. The van der Waals surface area contributed by atoms with E-state index in [2.05, 4.69) is 17.9 Å². The highest BCUT2D eigenvalue weighted by Gasteiger charge is 2.32. The van der Waals surface area contributed by atoms with Crippen LogP contribution >= 0.6 is 12.6 Å². The molecule has 1 N–H and O–H groups in total. The van der Waals surface area contributed by atoms with Crippen LogP contribution in [0.25, 0.3) is 0 Å². The zero-order valence-electron chi connectivity index (χ0n) is 12.0. The molecule has 1 aliphatic heterocycles. The molecular formula is C14H18N2O4S. The minimum Gasteiger partial charge on any atom is -0.497 e. The number of amides is 2. The van der Waals surface area contributed by atoms with Crippen molar-refractivity contribution in [3.63, 3.8) is 0 Å². The van der Waals surface area contributed by atoms with Crippen LogP contribution in [0.1, 0.15) is 12.8 Å². The molecule has 0 bridgehead atoms. The van der Waals surface area contributed by atoms with Gasteiger partial charge >= 0.3 is 6.03 Å². The third-order valence-electron chi connectivity index (χ3n) is 3.45.